The molecule has 1 aromatic carbocycles. The summed E-state index contributed by atoms with van der Waals surface area (Å²) in [6.45, 7) is 8.13. The van der Waals surface area contributed by atoms with Crippen LogP contribution in [0.3, 0.4) is 0 Å². The number of halogens is 2. The predicted octanol–water partition coefficient (Wildman–Crippen LogP) is 3.86. The molecule has 26 heavy (non-hydrogen) atoms. The molecule has 5 nitrogen and oxygen atoms in total. The van der Waals surface area contributed by atoms with Crippen LogP contribution in [0.5, 0.6) is 5.75 Å². The molecule has 2 aliphatic rings. The molecule has 1 atom stereocenters. The molecular formula is C18H23F2N2O3P. The molecule has 1 aromatic rings. The minimum Gasteiger partial charge on any atom is -0.444 e. The van der Waals surface area contributed by atoms with Crippen molar-refractivity contribution < 1.29 is 23.0 Å². The fourth-order valence-electron chi connectivity index (χ4n) is 3.10. The van der Waals surface area contributed by atoms with Crippen molar-refractivity contribution in [2.24, 2.45) is 0 Å². The zero-order valence-corrected chi connectivity index (χ0v) is 16.2. The summed E-state index contributed by atoms with van der Waals surface area (Å²) in [5.41, 5.74) is 2.86. The maximum Gasteiger partial charge on any atom is 0.410 e. The lowest BCUT2D eigenvalue weighted by molar-refractivity contribution is -0.0892. The highest BCUT2D eigenvalue weighted by Crippen LogP contribution is 2.32. The van der Waals surface area contributed by atoms with Gasteiger partial charge in [0.05, 0.1) is 0 Å². The number of ether oxygens (including phenoxy) is 2. The Morgan fingerprint density at radius 1 is 1.04 bits per heavy atom. The average molecular weight is 384 g/mol. The van der Waals surface area contributed by atoms with Gasteiger partial charge in [0, 0.05) is 31.9 Å². The third kappa shape index (κ3) is 4.64. The van der Waals surface area contributed by atoms with E-state index in [-0.39, 0.29) is 11.8 Å². The van der Waals surface area contributed by atoms with Gasteiger partial charge in [-0.25, -0.2) is 4.79 Å². The molecule has 3 rings (SSSR count). The SMILES string of the molecule is CC(C)(C)OC(=O)N1CC2=C(C1)CN(c1ccc(OC(F)(F)P)cc1)C2. The van der Waals surface area contributed by atoms with Gasteiger partial charge in [0.2, 0.25) is 0 Å². The van der Waals surface area contributed by atoms with Crippen LogP contribution in [0.25, 0.3) is 0 Å². The quantitative estimate of drug-likeness (QED) is 0.586. The van der Waals surface area contributed by atoms with Crippen LogP contribution in [-0.2, 0) is 4.74 Å². The van der Waals surface area contributed by atoms with E-state index >= 15 is 0 Å². The van der Waals surface area contributed by atoms with Gasteiger partial charge in [0.25, 0.3) is 0 Å². The third-order valence-corrected chi connectivity index (χ3v) is 4.25. The molecule has 0 radical (unpaired) electrons. The van der Waals surface area contributed by atoms with Gasteiger partial charge in [0.1, 0.15) is 11.4 Å². The van der Waals surface area contributed by atoms with E-state index in [1.54, 1.807) is 17.0 Å². The Morgan fingerprint density at radius 3 is 2.04 bits per heavy atom. The van der Waals surface area contributed by atoms with Crippen molar-refractivity contribution >= 4 is 21.0 Å². The van der Waals surface area contributed by atoms with Gasteiger partial charge in [-0.3, -0.25) is 0 Å². The zero-order valence-electron chi connectivity index (χ0n) is 15.1. The Kier molecular flexibility index (Phi) is 4.86. The number of carbonyl (C=O) groups is 1. The van der Waals surface area contributed by atoms with Crippen LogP contribution >= 0.6 is 9.24 Å². The first kappa shape index (κ1) is 18.9. The highest BCUT2D eigenvalue weighted by molar-refractivity contribution is 7.17. The van der Waals surface area contributed by atoms with E-state index in [0.29, 0.717) is 26.2 Å². The largest absolute Gasteiger partial charge is 0.444 e. The predicted molar refractivity (Wildman–Crippen MR) is 98.8 cm³/mol. The maximum absolute atomic E-state index is 12.9. The summed E-state index contributed by atoms with van der Waals surface area (Å²) in [5.74, 6) is -3.16. The van der Waals surface area contributed by atoms with E-state index in [9.17, 15) is 13.6 Å². The Balaban J connectivity index is 1.56. The molecule has 0 aromatic heterocycles. The van der Waals surface area contributed by atoms with Crippen molar-refractivity contribution in [3.05, 3.63) is 35.4 Å². The smallest absolute Gasteiger partial charge is 0.410 e. The van der Waals surface area contributed by atoms with Gasteiger partial charge < -0.3 is 19.3 Å². The lowest BCUT2D eigenvalue weighted by atomic mass is 10.2. The molecule has 0 saturated carbocycles. The van der Waals surface area contributed by atoms with E-state index in [1.165, 1.54) is 32.5 Å². The first-order chi connectivity index (χ1) is 12.0. The summed E-state index contributed by atoms with van der Waals surface area (Å²) in [7, 11) is 1.35. The Morgan fingerprint density at radius 2 is 1.58 bits per heavy atom. The molecule has 8 heteroatoms. The molecule has 0 bridgehead atoms. The number of anilines is 1. The topological polar surface area (TPSA) is 42.0 Å². The van der Waals surface area contributed by atoms with E-state index < -0.39 is 11.5 Å². The monoisotopic (exact) mass is 384 g/mol. The van der Waals surface area contributed by atoms with Gasteiger partial charge in [-0.1, -0.05) is 0 Å². The van der Waals surface area contributed by atoms with Gasteiger partial charge in [-0.2, -0.15) is 8.78 Å². The second-order valence-electron chi connectivity index (χ2n) is 7.56. The summed E-state index contributed by atoms with van der Waals surface area (Å²) >= 11 is 0. The summed E-state index contributed by atoms with van der Waals surface area (Å²) in [4.78, 5) is 16.0. The Bertz CT molecular complexity index is 705. The molecule has 0 N–H and O–H groups in total. The van der Waals surface area contributed by atoms with E-state index in [0.717, 1.165) is 5.69 Å². The zero-order chi connectivity index (χ0) is 19.1. The molecule has 0 spiro atoms. The van der Waals surface area contributed by atoms with Crippen molar-refractivity contribution in [3.63, 3.8) is 0 Å². The van der Waals surface area contributed by atoms with Gasteiger partial charge in [0.15, 0.2) is 0 Å². The van der Waals surface area contributed by atoms with Crippen LogP contribution in [0.1, 0.15) is 20.8 Å². The number of hydrogen-bond acceptors (Lipinski definition) is 4. The number of rotatable bonds is 3. The molecule has 2 heterocycles. The molecule has 142 valence electrons. The fourth-order valence-corrected chi connectivity index (χ4v) is 3.24. The van der Waals surface area contributed by atoms with Crippen LogP contribution in [0.4, 0.5) is 19.3 Å². The number of nitrogens with zero attached hydrogens (tertiary/aromatic N) is 2. The van der Waals surface area contributed by atoms with E-state index in [1.807, 2.05) is 20.8 Å². The van der Waals surface area contributed by atoms with Crippen LogP contribution < -0.4 is 9.64 Å². The molecular weight excluding hydrogens is 361 g/mol. The van der Waals surface area contributed by atoms with Crippen molar-refractivity contribution in [2.45, 2.75) is 32.2 Å². The van der Waals surface area contributed by atoms with Gasteiger partial charge in [-0.05, 0) is 65.4 Å². The average Bonchev–Trinajstić information content (AvgIpc) is 3.03. The summed E-state index contributed by atoms with van der Waals surface area (Å²) < 4.78 is 35.6. The van der Waals surface area contributed by atoms with Gasteiger partial charge >= 0.3 is 11.9 Å². The van der Waals surface area contributed by atoms with E-state index in [2.05, 4.69) is 9.64 Å². The first-order valence-electron chi connectivity index (χ1n) is 8.38. The molecule has 0 saturated heterocycles. The normalized spacial score (nSPS) is 17.6. The van der Waals surface area contributed by atoms with Crippen LogP contribution in [-0.4, -0.2) is 48.6 Å². The molecule has 0 aliphatic carbocycles. The lowest BCUT2D eigenvalue weighted by Gasteiger charge is -2.27. The molecule has 1 unspecified atom stereocenters. The Hall–Kier alpha value is -1.88. The second-order valence-corrected chi connectivity index (χ2v) is 8.23. The van der Waals surface area contributed by atoms with Gasteiger partial charge in [-0.15, -0.1) is 0 Å². The number of carbonyl (C=O) groups excluding carboxylic acids is 1. The standard InChI is InChI=1S/C18H23F2N2O3P/c1-17(2,3)25-16(23)22-10-12-8-21(9-13(12)11-22)14-4-6-15(7-5-14)24-18(19,20)26/h4-7H,8-11,26H2,1-3H3. The fraction of sp³-hybridized carbons (Fsp3) is 0.500. The molecule has 1 amide bonds. The number of benzene rings is 1. The van der Waals surface area contributed by atoms with E-state index in [4.69, 9.17) is 4.74 Å². The highest BCUT2D eigenvalue weighted by atomic mass is 31.0. The number of hydrogen-bond donors (Lipinski definition) is 0. The molecule has 2 aliphatic heterocycles. The summed E-state index contributed by atoms with van der Waals surface area (Å²) in [6, 6.07) is 6.59. The highest BCUT2D eigenvalue weighted by Gasteiger charge is 2.34. The summed E-state index contributed by atoms with van der Waals surface area (Å²) in [6.07, 6.45) is -0.293. The van der Waals surface area contributed by atoms with Crippen LogP contribution in [0, 0.1) is 0 Å². The lowest BCUT2D eigenvalue weighted by Crippen LogP contribution is -2.38. The maximum atomic E-state index is 12.9. The minimum atomic E-state index is -3.27. The van der Waals surface area contributed by atoms with Crippen molar-refractivity contribution in [3.8, 4) is 5.75 Å². The van der Waals surface area contributed by atoms with Crippen molar-refractivity contribution in [1.82, 2.24) is 4.90 Å². The number of alkyl halides is 2. The Labute approximate surface area is 154 Å². The van der Waals surface area contributed by atoms with Crippen molar-refractivity contribution in [1.29, 1.82) is 0 Å². The minimum absolute atomic E-state index is 0.115. The summed E-state index contributed by atoms with van der Waals surface area (Å²) in [5, 5.41) is 0. The molecule has 0 fully saturated rings. The van der Waals surface area contributed by atoms with Crippen molar-refractivity contribution in [2.75, 3.05) is 31.1 Å². The van der Waals surface area contributed by atoms with Crippen LogP contribution in [0.15, 0.2) is 35.4 Å². The number of amides is 1. The van der Waals surface area contributed by atoms with Crippen LogP contribution in [0.2, 0.25) is 0 Å². The second kappa shape index (κ2) is 6.69. The third-order valence-electron chi connectivity index (χ3n) is 4.13. The first-order valence-corrected chi connectivity index (χ1v) is 8.96.